The van der Waals surface area contributed by atoms with Crippen molar-refractivity contribution in [2.45, 2.75) is 82.4 Å². The number of allylic oxidation sites excluding steroid dienone is 1. The number of amides is 2. The highest BCUT2D eigenvalue weighted by Gasteiger charge is 2.65. The average Bonchev–Trinajstić information content (AvgIpc) is 3.43. The van der Waals surface area contributed by atoms with E-state index in [1.807, 2.05) is 102 Å². The van der Waals surface area contributed by atoms with E-state index in [4.69, 9.17) is 24.2 Å². The molecule has 0 spiro atoms. The third-order valence-corrected chi connectivity index (χ3v) is 14.5. The molecule has 0 radical (unpaired) electrons. The number of hydrogen-bond acceptors (Lipinski definition) is 10. The second-order valence-corrected chi connectivity index (χ2v) is 19.0. The molecular formula is C61H62N4O8. The molecule has 2 aliphatic carbocycles. The maximum absolute atomic E-state index is 15.7. The zero-order valence-corrected chi connectivity index (χ0v) is 41.0. The van der Waals surface area contributed by atoms with E-state index in [0.717, 1.165) is 64.3 Å². The zero-order valence-electron chi connectivity index (χ0n) is 41.0. The molecule has 1 heterocycles. The molecule has 0 aromatic heterocycles. The molecule has 6 aromatic carbocycles. The van der Waals surface area contributed by atoms with Gasteiger partial charge in [-0.25, -0.2) is 4.79 Å². The SMILES string of the molecule is C=CCOC12Oc3ccc(OC(=O)NCc4ccccc4)cc3C3C(CCCCO)C(CCCCO)C=C(C(=NOCc4ccccc4)CC1N(Cc1cccc4ccccc14)C(=O)c1ccc(C#N)cc1)C32. The largest absolute Gasteiger partial charge is 0.459 e. The van der Waals surface area contributed by atoms with Gasteiger partial charge in [0.25, 0.3) is 5.91 Å². The minimum Gasteiger partial charge on any atom is -0.459 e. The van der Waals surface area contributed by atoms with Gasteiger partial charge in [0.2, 0.25) is 5.79 Å². The van der Waals surface area contributed by atoms with Crippen molar-refractivity contribution >= 4 is 28.5 Å². The minimum atomic E-state index is -1.57. The standard InChI is InChI=1S/C61H62N4O8/c1-2-34-70-61-56(65(59(68)46-28-26-42(38-62)27-29-46)40-48-23-15-22-45-20-9-10-24-50(45)48)37-54(64-71-41-44-18-7-4-8-19-44)52-35-47(21-11-13-32-66)51(25-12-14-33-67)57(58(52)61)53-36-49(30-31-55(53)73-61)72-60(69)63-39-43-16-5-3-6-17-43/h2-10,15-20,22-24,26-31,35-36,47,51,56-58,66-67H,1,11-14,21,25,32-34,37,39-41H2,(H,63,69). The molecule has 1 aliphatic heterocycles. The fourth-order valence-electron chi connectivity index (χ4n) is 11.2. The Labute approximate surface area is 427 Å². The molecule has 3 N–H and O–H groups in total. The first-order valence-electron chi connectivity index (χ1n) is 25.4. The van der Waals surface area contributed by atoms with Gasteiger partial charge in [0, 0.05) is 49.8 Å². The lowest BCUT2D eigenvalue weighted by atomic mass is 9.55. The monoisotopic (exact) mass is 978 g/mol. The normalized spacial score (nSPS) is 21.1. The molecule has 0 bridgehead atoms. The Morgan fingerprint density at radius 1 is 0.849 bits per heavy atom. The summed E-state index contributed by atoms with van der Waals surface area (Å²) in [5.41, 5.74) is 5.92. The number of benzene rings is 6. The summed E-state index contributed by atoms with van der Waals surface area (Å²) >= 11 is 0. The maximum atomic E-state index is 15.7. The Balaban J connectivity index is 1.25. The van der Waals surface area contributed by atoms with Crippen molar-refractivity contribution < 1.29 is 38.9 Å². The van der Waals surface area contributed by atoms with Crippen LogP contribution in [0.25, 0.3) is 10.8 Å². The first kappa shape index (κ1) is 50.4. The number of aliphatic hydroxyl groups excluding tert-OH is 2. The minimum absolute atomic E-state index is 0.0220. The van der Waals surface area contributed by atoms with Gasteiger partial charge in [-0.3, -0.25) is 4.79 Å². The van der Waals surface area contributed by atoms with E-state index in [1.54, 1.807) is 36.4 Å². The van der Waals surface area contributed by atoms with Crippen LogP contribution in [0.5, 0.6) is 11.5 Å². The fourth-order valence-corrected chi connectivity index (χ4v) is 11.2. The summed E-state index contributed by atoms with van der Waals surface area (Å²) < 4.78 is 20.8. The quantitative estimate of drug-likeness (QED) is 0.0362. The number of nitrogens with one attached hydrogen (secondary N) is 1. The lowest BCUT2D eigenvalue weighted by molar-refractivity contribution is -0.255. The molecular weight excluding hydrogens is 917 g/mol. The van der Waals surface area contributed by atoms with Crippen molar-refractivity contribution in [2.24, 2.45) is 22.9 Å². The summed E-state index contributed by atoms with van der Waals surface area (Å²) in [6.07, 6.45) is 7.77. The summed E-state index contributed by atoms with van der Waals surface area (Å²) in [5, 5.41) is 39.9. The third-order valence-electron chi connectivity index (χ3n) is 14.5. The Morgan fingerprint density at radius 2 is 1.56 bits per heavy atom. The summed E-state index contributed by atoms with van der Waals surface area (Å²) in [4.78, 5) is 37.4. The van der Waals surface area contributed by atoms with Crippen LogP contribution in [-0.2, 0) is 29.3 Å². The second kappa shape index (κ2) is 23.8. The number of oxime groups is 1. The van der Waals surface area contributed by atoms with E-state index < -0.39 is 23.8 Å². The van der Waals surface area contributed by atoms with Crippen LogP contribution < -0.4 is 14.8 Å². The molecule has 2 amide bonds. The third kappa shape index (κ3) is 11.2. The number of carbonyl (C=O) groups excluding carboxylic acids is 2. The molecule has 1 fully saturated rings. The van der Waals surface area contributed by atoms with Gasteiger partial charge in [0.1, 0.15) is 24.1 Å². The molecule has 0 saturated heterocycles. The van der Waals surface area contributed by atoms with E-state index in [-0.39, 0.29) is 69.6 Å². The van der Waals surface area contributed by atoms with Crippen LogP contribution in [0.4, 0.5) is 4.79 Å². The van der Waals surface area contributed by atoms with Gasteiger partial charge < -0.3 is 39.5 Å². The number of hydrogen-bond donors (Lipinski definition) is 3. The van der Waals surface area contributed by atoms with Crippen LogP contribution in [0.1, 0.15) is 89.0 Å². The van der Waals surface area contributed by atoms with Gasteiger partial charge in [-0.05, 0) is 113 Å². The van der Waals surface area contributed by atoms with Crippen LogP contribution in [0.2, 0.25) is 0 Å². The highest BCUT2D eigenvalue weighted by Crippen LogP contribution is 2.62. The molecule has 12 heteroatoms. The molecule has 3 aliphatic rings. The predicted octanol–water partition coefficient (Wildman–Crippen LogP) is 11.2. The summed E-state index contributed by atoms with van der Waals surface area (Å²) in [6.45, 7) is 4.92. The van der Waals surface area contributed by atoms with Crippen LogP contribution in [0.3, 0.4) is 0 Å². The molecule has 6 aromatic rings. The van der Waals surface area contributed by atoms with Crippen molar-refractivity contribution in [3.8, 4) is 17.6 Å². The Morgan fingerprint density at radius 3 is 2.30 bits per heavy atom. The molecule has 73 heavy (non-hydrogen) atoms. The Hall–Kier alpha value is -7.56. The van der Waals surface area contributed by atoms with Crippen molar-refractivity contribution in [1.29, 1.82) is 5.26 Å². The highest BCUT2D eigenvalue weighted by atomic mass is 16.7. The smallest absolute Gasteiger partial charge is 0.412 e. The summed E-state index contributed by atoms with van der Waals surface area (Å²) in [5.74, 6) is -2.08. The number of rotatable bonds is 21. The lowest BCUT2D eigenvalue weighted by Crippen LogP contribution is -2.70. The Bertz CT molecular complexity index is 2970. The molecule has 6 unspecified atom stereocenters. The van der Waals surface area contributed by atoms with E-state index in [9.17, 15) is 20.3 Å². The Kier molecular flexibility index (Phi) is 16.4. The van der Waals surface area contributed by atoms with Crippen molar-refractivity contribution in [1.82, 2.24) is 10.2 Å². The lowest BCUT2D eigenvalue weighted by Gasteiger charge is -2.60. The van der Waals surface area contributed by atoms with Gasteiger partial charge in [-0.2, -0.15) is 5.26 Å². The van der Waals surface area contributed by atoms with E-state index >= 15 is 4.79 Å². The molecule has 12 nitrogen and oxygen atoms in total. The number of aliphatic hydroxyl groups is 2. The average molecular weight is 979 g/mol. The van der Waals surface area contributed by atoms with Crippen molar-refractivity contribution in [3.05, 3.63) is 203 Å². The number of fused-ring (bicyclic) bond motifs is 3. The second-order valence-electron chi connectivity index (χ2n) is 19.0. The van der Waals surface area contributed by atoms with Gasteiger partial charge in [-0.15, -0.1) is 6.58 Å². The van der Waals surface area contributed by atoms with Crippen LogP contribution in [0, 0.1) is 29.1 Å². The number of nitrogens with zero attached hydrogens (tertiary/aromatic N) is 3. The fraction of sp³-hybridized carbons (Fsp3) is 0.311. The summed E-state index contributed by atoms with van der Waals surface area (Å²) in [7, 11) is 0. The van der Waals surface area contributed by atoms with E-state index in [0.29, 0.717) is 41.2 Å². The molecule has 9 rings (SSSR count). The highest BCUT2D eigenvalue weighted by molar-refractivity contribution is 6.03. The number of unbranched alkanes of at least 4 members (excludes halogenated alkanes) is 2. The van der Waals surface area contributed by atoms with Gasteiger partial charge in [0.05, 0.1) is 29.9 Å². The number of ether oxygens (including phenoxy) is 3. The van der Waals surface area contributed by atoms with Gasteiger partial charge >= 0.3 is 6.09 Å². The van der Waals surface area contributed by atoms with Crippen LogP contribution in [-0.4, -0.2) is 64.5 Å². The number of nitriles is 1. The molecule has 6 atom stereocenters. The molecule has 1 saturated carbocycles. The first-order chi connectivity index (χ1) is 35.8. The van der Waals surface area contributed by atoms with Crippen molar-refractivity contribution in [2.75, 3.05) is 19.8 Å². The van der Waals surface area contributed by atoms with Gasteiger partial charge in [-0.1, -0.05) is 133 Å². The van der Waals surface area contributed by atoms with E-state index in [2.05, 4.69) is 42.2 Å². The summed E-state index contributed by atoms with van der Waals surface area (Å²) in [6, 6.07) is 47.1. The topological polar surface area (TPSA) is 163 Å². The maximum Gasteiger partial charge on any atom is 0.412 e. The molecule has 374 valence electrons. The first-order valence-corrected chi connectivity index (χ1v) is 25.4. The van der Waals surface area contributed by atoms with Crippen LogP contribution >= 0.6 is 0 Å². The zero-order chi connectivity index (χ0) is 50.6. The van der Waals surface area contributed by atoms with Gasteiger partial charge in [0.15, 0.2) is 0 Å². The number of carbonyl (C=O) groups is 2. The van der Waals surface area contributed by atoms with E-state index in [1.165, 1.54) is 0 Å². The van der Waals surface area contributed by atoms with Crippen molar-refractivity contribution in [3.63, 3.8) is 0 Å². The van der Waals surface area contributed by atoms with Crippen LogP contribution in [0.15, 0.2) is 175 Å². The predicted molar refractivity (Wildman–Crippen MR) is 280 cm³/mol.